The monoisotopic (exact) mass is 330 g/mol. The topological polar surface area (TPSA) is 107 Å². The van der Waals surface area contributed by atoms with Crippen LogP contribution in [0.5, 0.6) is 0 Å². The van der Waals surface area contributed by atoms with Gasteiger partial charge in [-0.25, -0.2) is 8.42 Å². The van der Waals surface area contributed by atoms with Crippen LogP contribution in [0.2, 0.25) is 5.02 Å². The van der Waals surface area contributed by atoms with Gasteiger partial charge in [-0.05, 0) is 18.6 Å². The Bertz CT molecular complexity index is 816. The fourth-order valence-electron chi connectivity index (χ4n) is 1.74. The maximum atomic E-state index is 12.3. The van der Waals surface area contributed by atoms with Crippen molar-refractivity contribution in [2.24, 2.45) is 7.05 Å². The largest absolute Gasteiger partial charge is 0.289 e. The second-order valence-electron chi connectivity index (χ2n) is 4.27. The normalized spacial score (nSPS) is 11.4. The summed E-state index contributed by atoms with van der Waals surface area (Å²) in [6.45, 7) is 1.51. The van der Waals surface area contributed by atoms with E-state index in [0.717, 1.165) is 6.07 Å². The number of rotatable bonds is 4. The number of aromatic nitrogens is 2. The highest BCUT2D eigenvalue weighted by Gasteiger charge is 2.24. The molecule has 1 aromatic carbocycles. The standard InChI is InChI=1S/C11H11ClN4O4S/c1-7-5-8(12)9(16(17)18)6-10(7)21(19,20)14-11-3-4-13-15(11)2/h3-6,14H,1-2H3. The molecule has 0 fully saturated rings. The maximum absolute atomic E-state index is 12.3. The van der Waals surface area contributed by atoms with Crippen LogP contribution in [0, 0.1) is 17.0 Å². The summed E-state index contributed by atoms with van der Waals surface area (Å²) in [5.74, 6) is 0.243. The third-order valence-electron chi connectivity index (χ3n) is 2.79. The Morgan fingerprint density at radius 3 is 2.62 bits per heavy atom. The predicted molar refractivity (Wildman–Crippen MR) is 76.9 cm³/mol. The molecule has 0 atom stereocenters. The fourth-order valence-corrected chi connectivity index (χ4v) is 3.36. The molecule has 1 heterocycles. The first-order chi connectivity index (χ1) is 9.72. The lowest BCUT2D eigenvalue weighted by Gasteiger charge is -2.10. The summed E-state index contributed by atoms with van der Waals surface area (Å²) >= 11 is 5.74. The van der Waals surface area contributed by atoms with Crippen LogP contribution >= 0.6 is 11.6 Å². The molecule has 112 valence electrons. The van der Waals surface area contributed by atoms with Gasteiger partial charge in [0, 0.05) is 19.2 Å². The molecule has 0 aliphatic heterocycles. The molecule has 8 nitrogen and oxygen atoms in total. The number of nitro groups is 1. The minimum Gasteiger partial charge on any atom is -0.264 e. The zero-order chi connectivity index (χ0) is 15.8. The summed E-state index contributed by atoms with van der Waals surface area (Å²) in [4.78, 5) is 9.94. The first kappa shape index (κ1) is 15.3. The van der Waals surface area contributed by atoms with Gasteiger partial charge in [0.25, 0.3) is 15.7 Å². The maximum Gasteiger partial charge on any atom is 0.289 e. The van der Waals surface area contributed by atoms with Crippen molar-refractivity contribution in [3.63, 3.8) is 0 Å². The molecule has 1 N–H and O–H groups in total. The Labute approximate surface area is 125 Å². The number of hydrogen-bond acceptors (Lipinski definition) is 5. The van der Waals surface area contributed by atoms with Gasteiger partial charge in [-0.2, -0.15) is 5.10 Å². The number of halogens is 1. The molecule has 2 rings (SSSR count). The van der Waals surface area contributed by atoms with Gasteiger partial charge in [-0.1, -0.05) is 11.6 Å². The lowest BCUT2D eigenvalue weighted by molar-refractivity contribution is -0.384. The van der Waals surface area contributed by atoms with E-state index in [4.69, 9.17) is 11.6 Å². The van der Waals surface area contributed by atoms with Gasteiger partial charge >= 0.3 is 0 Å². The van der Waals surface area contributed by atoms with Crippen LogP contribution in [0.15, 0.2) is 29.3 Å². The van der Waals surface area contributed by atoms with Gasteiger partial charge in [0.05, 0.1) is 16.0 Å². The minimum atomic E-state index is -3.98. The van der Waals surface area contributed by atoms with Crippen molar-refractivity contribution >= 4 is 33.1 Å². The first-order valence-electron chi connectivity index (χ1n) is 5.68. The van der Waals surface area contributed by atoms with Crippen molar-refractivity contribution < 1.29 is 13.3 Å². The summed E-state index contributed by atoms with van der Waals surface area (Å²) < 4.78 is 28.3. The molecule has 0 bridgehead atoms. The molecule has 21 heavy (non-hydrogen) atoms. The van der Waals surface area contributed by atoms with Crippen LogP contribution in [0.1, 0.15) is 5.56 Å². The van der Waals surface area contributed by atoms with E-state index in [2.05, 4.69) is 9.82 Å². The molecule has 2 aromatic rings. The van der Waals surface area contributed by atoms with E-state index in [1.807, 2.05) is 0 Å². The van der Waals surface area contributed by atoms with E-state index in [-0.39, 0.29) is 15.7 Å². The van der Waals surface area contributed by atoms with Gasteiger partial charge in [0.15, 0.2) is 0 Å². The van der Waals surface area contributed by atoms with E-state index >= 15 is 0 Å². The summed E-state index contributed by atoms with van der Waals surface area (Å²) in [5, 5.41) is 14.6. The number of anilines is 1. The Kier molecular flexibility index (Phi) is 3.88. The molecule has 10 heteroatoms. The van der Waals surface area contributed by atoms with Gasteiger partial charge in [-0.3, -0.25) is 19.5 Å². The van der Waals surface area contributed by atoms with Crippen LogP contribution in [-0.2, 0) is 17.1 Å². The number of benzene rings is 1. The van der Waals surface area contributed by atoms with Crippen LogP contribution in [0.25, 0.3) is 0 Å². The molecule has 0 amide bonds. The van der Waals surface area contributed by atoms with Crippen molar-refractivity contribution in [1.82, 2.24) is 9.78 Å². The Morgan fingerprint density at radius 2 is 2.10 bits per heavy atom. The molecular weight excluding hydrogens is 320 g/mol. The van der Waals surface area contributed by atoms with Crippen molar-refractivity contribution in [1.29, 1.82) is 0 Å². The van der Waals surface area contributed by atoms with Crippen molar-refractivity contribution in [3.05, 3.63) is 45.1 Å². The first-order valence-corrected chi connectivity index (χ1v) is 7.54. The van der Waals surface area contributed by atoms with E-state index in [1.165, 1.54) is 29.9 Å². The summed E-state index contributed by atoms with van der Waals surface area (Å²) in [6.07, 6.45) is 1.43. The van der Waals surface area contributed by atoms with E-state index in [9.17, 15) is 18.5 Å². The Hall–Kier alpha value is -2.13. The van der Waals surface area contributed by atoms with Gasteiger partial charge < -0.3 is 0 Å². The lowest BCUT2D eigenvalue weighted by atomic mass is 10.2. The van der Waals surface area contributed by atoms with Crippen LogP contribution in [0.3, 0.4) is 0 Å². The molecule has 1 aromatic heterocycles. The lowest BCUT2D eigenvalue weighted by Crippen LogP contribution is -2.16. The molecule has 0 aliphatic rings. The number of sulfonamides is 1. The second-order valence-corrected chi connectivity index (χ2v) is 6.33. The van der Waals surface area contributed by atoms with Crippen LogP contribution < -0.4 is 4.72 Å². The molecule has 0 unspecified atom stereocenters. The van der Waals surface area contributed by atoms with Crippen molar-refractivity contribution in [3.8, 4) is 0 Å². The molecule has 0 saturated heterocycles. The zero-order valence-corrected chi connectivity index (χ0v) is 12.6. The average molecular weight is 331 g/mol. The Morgan fingerprint density at radius 1 is 1.43 bits per heavy atom. The predicted octanol–water partition coefficient (Wildman–Crippen LogP) is 2.09. The highest BCUT2D eigenvalue weighted by Crippen LogP contribution is 2.30. The zero-order valence-electron chi connectivity index (χ0n) is 11.1. The second kappa shape index (κ2) is 5.34. The highest BCUT2D eigenvalue weighted by molar-refractivity contribution is 7.92. The molecule has 0 spiro atoms. The number of aryl methyl sites for hydroxylation is 2. The number of nitrogens with zero attached hydrogens (tertiary/aromatic N) is 3. The third-order valence-corrected chi connectivity index (χ3v) is 4.59. The number of nitro benzene ring substituents is 1. The SMILES string of the molecule is Cc1cc(Cl)c([N+](=O)[O-])cc1S(=O)(=O)Nc1ccnn1C. The number of hydrogen-bond donors (Lipinski definition) is 1. The summed E-state index contributed by atoms with van der Waals surface area (Å²) in [5.41, 5.74) is -0.159. The highest BCUT2D eigenvalue weighted by atomic mass is 35.5. The smallest absolute Gasteiger partial charge is 0.264 e. The fraction of sp³-hybridized carbons (Fsp3) is 0.182. The van der Waals surface area contributed by atoms with Crippen LogP contribution in [0.4, 0.5) is 11.5 Å². The number of nitrogens with one attached hydrogen (secondary N) is 1. The molecule has 0 aliphatic carbocycles. The minimum absolute atomic E-state index is 0.114. The van der Waals surface area contributed by atoms with Crippen molar-refractivity contribution in [2.45, 2.75) is 11.8 Å². The average Bonchev–Trinajstić information content (AvgIpc) is 2.73. The molecule has 0 radical (unpaired) electrons. The summed E-state index contributed by atoms with van der Waals surface area (Å²) in [7, 11) is -2.42. The third kappa shape index (κ3) is 2.98. The summed E-state index contributed by atoms with van der Waals surface area (Å²) in [6, 6.07) is 3.66. The van der Waals surface area contributed by atoms with Crippen molar-refractivity contribution in [2.75, 3.05) is 4.72 Å². The van der Waals surface area contributed by atoms with E-state index < -0.39 is 20.6 Å². The quantitative estimate of drug-likeness (QED) is 0.682. The van der Waals surface area contributed by atoms with Gasteiger partial charge in [0.1, 0.15) is 10.8 Å². The molecule has 0 saturated carbocycles. The van der Waals surface area contributed by atoms with Gasteiger partial charge in [-0.15, -0.1) is 0 Å². The van der Waals surface area contributed by atoms with Gasteiger partial charge in [0.2, 0.25) is 0 Å². The van der Waals surface area contributed by atoms with E-state index in [0.29, 0.717) is 5.56 Å². The Balaban J connectivity index is 2.52. The van der Waals surface area contributed by atoms with E-state index in [1.54, 1.807) is 7.05 Å². The molecular formula is C11H11ClN4O4S. The van der Waals surface area contributed by atoms with Crippen LogP contribution in [-0.4, -0.2) is 23.1 Å².